The summed E-state index contributed by atoms with van der Waals surface area (Å²) >= 11 is 5.98. The third-order valence-corrected chi connectivity index (χ3v) is 3.06. The van der Waals surface area contributed by atoms with Crippen LogP contribution in [-0.2, 0) is 6.61 Å². The Labute approximate surface area is 94.7 Å². The normalized spacial score (nSPS) is 21.0. The minimum absolute atomic E-state index is 0.0597. The SMILES string of the molecule is CC1CCCN1c1cc(Cl)cc(CO)n1. The molecule has 1 saturated heterocycles. The molecular formula is C11H15ClN2O. The van der Waals surface area contributed by atoms with Gasteiger partial charge in [0.05, 0.1) is 12.3 Å². The van der Waals surface area contributed by atoms with E-state index in [2.05, 4.69) is 16.8 Å². The van der Waals surface area contributed by atoms with E-state index in [1.165, 1.54) is 12.8 Å². The molecule has 0 amide bonds. The number of hydrogen-bond donors (Lipinski definition) is 1. The van der Waals surface area contributed by atoms with Gasteiger partial charge in [-0.2, -0.15) is 0 Å². The molecular weight excluding hydrogens is 212 g/mol. The van der Waals surface area contributed by atoms with E-state index < -0.39 is 0 Å². The Morgan fingerprint density at radius 3 is 3.00 bits per heavy atom. The van der Waals surface area contributed by atoms with E-state index in [-0.39, 0.29) is 6.61 Å². The zero-order valence-corrected chi connectivity index (χ0v) is 9.54. The van der Waals surface area contributed by atoms with Crippen LogP contribution in [0.15, 0.2) is 12.1 Å². The fraction of sp³-hybridized carbons (Fsp3) is 0.545. The highest BCUT2D eigenvalue weighted by atomic mass is 35.5. The monoisotopic (exact) mass is 226 g/mol. The van der Waals surface area contributed by atoms with Crippen molar-refractivity contribution in [2.75, 3.05) is 11.4 Å². The highest BCUT2D eigenvalue weighted by Gasteiger charge is 2.21. The van der Waals surface area contributed by atoms with Gasteiger partial charge in [-0.15, -0.1) is 0 Å². The molecule has 1 aliphatic rings. The number of hydrogen-bond acceptors (Lipinski definition) is 3. The first-order valence-electron chi connectivity index (χ1n) is 5.24. The van der Waals surface area contributed by atoms with Crippen molar-refractivity contribution in [2.45, 2.75) is 32.4 Å². The van der Waals surface area contributed by atoms with Gasteiger partial charge in [0.2, 0.25) is 0 Å². The quantitative estimate of drug-likeness (QED) is 0.840. The molecule has 0 saturated carbocycles. The van der Waals surface area contributed by atoms with Crippen LogP contribution in [0.1, 0.15) is 25.5 Å². The Kier molecular flexibility index (Phi) is 3.12. The van der Waals surface area contributed by atoms with Crippen molar-refractivity contribution < 1.29 is 5.11 Å². The van der Waals surface area contributed by atoms with Crippen molar-refractivity contribution in [3.8, 4) is 0 Å². The predicted octanol–water partition coefficient (Wildman–Crippen LogP) is 2.22. The van der Waals surface area contributed by atoms with Crippen LogP contribution in [0.3, 0.4) is 0 Å². The lowest BCUT2D eigenvalue weighted by Gasteiger charge is -2.23. The molecule has 1 aromatic rings. The van der Waals surface area contributed by atoms with Gasteiger partial charge in [-0.3, -0.25) is 0 Å². The number of anilines is 1. The average Bonchev–Trinajstić information content (AvgIpc) is 2.63. The molecule has 1 atom stereocenters. The third-order valence-electron chi connectivity index (χ3n) is 2.84. The van der Waals surface area contributed by atoms with Gasteiger partial charge in [0.25, 0.3) is 0 Å². The Balaban J connectivity index is 2.30. The van der Waals surface area contributed by atoms with Crippen molar-refractivity contribution in [2.24, 2.45) is 0 Å². The van der Waals surface area contributed by atoms with Crippen LogP contribution in [0.25, 0.3) is 0 Å². The van der Waals surface area contributed by atoms with E-state index in [4.69, 9.17) is 16.7 Å². The van der Waals surface area contributed by atoms with Gasteiger partial charge < -0.3 is 10.0 Å². The van der Waals surface area contributed by atoms with Crippen LogP contribution in [0, 0.1) is 0 Å². The fourth-order valence-electron chi connectivity index (χ4n) is 2.04. The van der Waals surface area contributed by atoms with Gasteiger partial charge in [0.15, 0.2) is 0 Å². The predicted molar refractivity (Wildman–Crippen MR) is 61.2 cm³/mol. The number of halogens is 1. The van der Waals surface area contributed by atoms with Gasteiger partial charge in [0.1, 0.15) is 5.82 Å². The molecule has 0 aliphatic carbocycles. The van der Waals surface area contributed by atoms with Crippen LogP contribution in [0.5, 0.6) is 0 Å². The second-order valence-corrected chi connectivity index (χ2v) is 4.41. The number of aromatic nitrogens is 1. The van der Waals surface area contributed by atoms with Crippen molar-refractivity contribution in [3.63, 3.8) is 0 Å². The Morgan fingerprint density at radius 1 is 1.60 bits per heavy atom. The maximum absolute atomic E-state index is 9.06. The number of pyridine rings is 1. The van der Waals surface area contributed by atoms with Crippen LogP contribution in [0.2, 0.25) is 5.02 Å². The first-order chi connectivity index (χ1) is 7.20. The van der Waals surface area contributed by atoms with Gasteiger partial charge in [-0.1, -0.05) is 11.6 Å². The highest BCUT2D eigenvalue weighted by molar-refractivity contribution is 6.30. The Hall–Kier alpha value is -0.800. The first kappa shape index (κ1) is 10.7. The number of rotatable bonds is 2. The van der Waals surface area contributed by atoms with Gasteiger partial charge >= 0.3 is 0 Å². The summed E-state index contributed by atoms with van der Waals surface area (Å²) in [6.45, 7) is 3.16. The molecule has 2 rings (SSSR count). The van der Waals surface area contributed by atoms with Crippen LogP contribution in [0.4, 0.5) is 5.82 Å². The van der Waals surface area contributed by atoms with Crippen LogP contribution < -0.4 is 4.90 Å². The molecule has 0 spiro atoms. The second-order valence-electron chi connectivity index (χ2n) is 3.98. The number of aliphatic hydroxyl groups excluding tert-OH is 1. The van der Waals surface area contributed by atoms with E-state index in [1.807, 2.05) is 6.07 Å². The first-order valence-corrected chi connectivity index (χ1v) is 5.62. The lowest BCUT2D eigenvalue weighted by atomic mass is 10.2. The smallest absolute Gasteiger partial charge is 0.130 e. The summed E-state index contributed by atoms with van der Waals surface area (Å²) in [6, 6.07) is 4.08. The Morgan fingerprint density at radius 2 is 2.40 bits per heavy atom. The zero-order valence-electron chi connectivity index (χ0n) is 8.78. The molecule has 4 heteroatoms. The average molecular weight is 227 g/mol. The van der Waals surface area contributed by atoms with Crippen molar-refractivity contribution in [1.29, 1.82) is 0 Å². The minimum atomic E-state index is -0.0597. The summed E-state index contributed by atoms with van der Waals surface area (Å²) in [5, 5.41) is 9.70. The summed E-state index contributed by atoms with van der Waals surface area (Å²) in [6.07, 6.45) is 2.40. The van der Waals surface area contributed by atoms with E-state index in [9.17, 15) is 0 Å². The molecule has 3 nitrogen and oxygen atoms in total. The molecule has 1 unspecified atom stereocenters. The molecule has 0 aromatic carbocycles. The molecule has 1 aliphatic heterocycles. The van der Waals surface area contributed by atoms with E-state index in [0.29, 0.717) is 16.8 Å². The Bertz CT molecular complexity index is 356. The molecule has 2 heterocycles. The van der Waals surface area contributed by atoms with E-state index in [0.717, 1.165) is 12.4 Å². The van der Waals surface area contributed by atoms with Crippen molar-refractivity contribution in [3.05, 3.63) is 22.8 Å². The van der Waals surface area contributed by atoms with Gasteiger partial charge in [-0.25, -0.2) is 4.98 Å². The summed E-state index contributed by atoms with van der Waals surface area (Å²) in [7, 11) is 0. The van der Waals surface area contributed by atoms with Crippen LogP contribution >= 0.6 is 11.6 Å². The second kappa shape index (κ2) is 4.37. The zero-order chi connectivity index (χ0) is 10.8. The van der Waals surface area contributed by atoms with E-state index in [1.54, 1.807) is 6.07 Å². The third kappa shape index (κ3) is 2.24. The van der Waals surface area contributed by atoms with Crippen molar-refractivity contribution >= 4 is 17.4 Å². The molecule has 0 bridgehead atoms. The molecule has 82 valence electrons. The van der Waals surface area contributed by atoms with Crippen LogP contribution in [-0.4, -0.2) is 22.7 Å². The fourth-order valence-corrected chi connectivity index (χ4v) is 2.26. The summed E-state index contributed by atoms with van der Waals surface area (Å²) in [5.74, 6) is 0.886. The lowest BCUT2D eigenvalue weighted by molar-refractivity contribution is 0.277. The maximum atomic E-state index is 9.06. The highest BCUT2D eigenvalue weighted by Crippen LogP contribution is 2.26. The molecule has 0 radical (unpaired) electrons. The lowest BCUT2D eigenvalue weighted by Crippen LogP contribution is -2.27. The van der Waals surface area contributed by atoms with Gasteiger partial charge in [0, 0.05) is 17.6 Å². The molecule has 1 aromatic heterocycles. The van der Waals surface area contributed by atoms with Crippen molar-refractivity contribution in [1.82, 2.24) is 4.98 Å². The molecule has 15 heavy (non-hydrogen) atoms. The number of aliphatic hydroxyl groups is 1. The number of nitrogens with zero attached hydrogens (tertiary/aromatic N) is 2. The maximum Gasteiger partial charge on any atom is 0.130 e. The summed E-state index contributed by atoms with van der Waals surface area (Å²) in [5.41, 5.74) is 0.636. The largest absolute Gasteiger partial charge is 0.390 e. The standard InChI is InChI=1S/C11H15ClN2O/c1-8-3-2-4-14(8)11-6-9(12)5-10(7-15)13-11/h5-6,8,15H,2-4,7H2,1H3. The van der Waals surface area contributed by atoms with E-state index >= 15 is 0 Å². The summed E-state index contributed by atoms with van der Waals surface area (Å²) in [4.78, 5) is 6.62. The summed E-state index contributed by atoms with van der Waals surface area (Å²) < 4.78 is 0. The van der Waals surface area contributed by atoms with Gasteiger partial charge in [-0.05, 0) is 31.9 Å². The molecule has 1 fully saturated rings. The minimum Gasteiger partial charge on any atom is -0.390 e. The molecule has 1 N–H and O–H groups in total. The topological polar surface area (TPSA) is 36.4 Å².